The molecule has 47 heavy (non-hydrogen) atoms. The minimum atomic E-state index is -3.40. The lowest BCUT2D eigenvalue weighted by Crippen LogP contribution is -2.55. The van der Waals surface area contributed by atoms with Gasteiger partial charge in [-0.3, -0.25) is 9.89 Å². The van der Waals surface area contributed by atoms with Crippen molar-refractivity contribution < 1.29 is 17.9 Å². The fourth-order valence-corrected chi connectivity index (χ4v) is 7.97. The van der Waals surface area contributed by atoms with Crippen LogP contribution in [0.15, 0.2) is 64.7 Å². The molecule has 0 radical (unpaired) electrons. The lowest BCUT2D eigenvalue weighted by atomic mass is 9.85. The van der Waals surface area contributed by atoms with Gasteiger partial charge in [-0.2, -0.15) is 9.57 Å². The summed E-state index contributed by atoms with van der Waals surface area (Å²) in [5, 5.41) is 11.4. The molecule has 3 aliphatic rings. The van der Waals surface area contributed by atoms with Crippen LogP contribution in [0.2, 0.25) is 10.0 Å². The van der Waals surface area contributed by atoms with Gasteiger partial charge in [0.05, 0.1) is 41.5 Å². The number of ether oxygens (including phenoxy) is 1. The van der Waals surface area contributed by atoms with Gasteiger partial charge in [0.1, 0.15) is 11.6 Å². The predicted octanol–water partition coefficient (Wildman–Crippen LogP) is 7.15. The second kappa shape index (κ2) is 14.2. The van der Waals surface area contributed by atoms with Gasteiger partial charge < -0.3 is 9.64 Å². The lowest BCUT2D eigenvalue weighted by molar-refractivity contribution is 0.141. The van der Waals surface area contributed by atoms with E-state index in [9.17, 15) is 18.5 Å². The van der Waals surface area contributed by atoms with Gasteiger partial charge in [0.25, 0.3) is 0 Å². The summed E-state index contributed by atoms with van der Waals surface area (Å²) in [6, 6.07) is 11.9. The number of benzene rings is 2. The third kappa shape index (κ3) is 7.20. The van der Waals surface area contributed by atoms with Gasteiger partial charge in [-0.25, -0.2) is 13.2 Å². The largest absolute Gasteiger partial charge is 0.493 e. The summed E-state index contributed by atoms with van der Waals surface area (Å²) in [5.74, 6) is 0.727. The van der Waals surface area contributed by atoms with Crippen LogP contribution in [0.5, 0.6) is 5.75 Å². The van der Waals surface area contributed by atoms with E-state index < -0.39 is 27.5 Å². The number of urea groups is 1. The first-order valence-electron chi connectivity index (χ1n) is 15.6. The number of amides is 2. The van der Waals surface area contributed by atoms with Crippen molar-refractivity contribution in [1.82, 2.24) is 14.1 Å². The first-order chi connectivity index (χ1) is 22.3. The van der Waals surface area contributed by atoms with Crippen LogP contribution in [0.4, 0.5) is 4.79 Å². The third-order valence-electron chi connectivity index (χ3n) is 8.88. The Morgan fingerprint density at radius 1 is 1.09 bits per heavy atom. The smallest absolute Gasteiger partial charge is 0.326 e. The first kappa shape index (κ1) is 35.2. The molecule has 1 aliphatic carbocycles. The van der Waals surface area contributed by atoms with E-state index >= 15 is 0 Å². The quantitative estimate of drug-likeness (QED) is 0.288. The number of sulfonamides is 1. The van der Waals surface area contributed by atoms with Gasteiger partial charge in [0, 0.05) is 47.2 Å². The summed E-state index contributed by atoms with van der Waals surface area (Å²) in [7, 11) is -3.40. The highest BCUT2D eigenvalue weighted by atomic mass is 35.5. The van der Waals surface area contributed by atoms with E-state index in [-0.39, 0.29) is 43.9 Å². The summed E-state index contributed by atoms with van der Waals surface area (Å²) >= 11 is 19.5. The summed E-state index contributed by atoms with van der Waals surface area (Å²) in [6.45, 7) is 8.19. The molecule has 0 aromatic heterocycles. The van der Waals surface area contributed by atoms with E-state index in [1.54, 1.807) is 54.8 Å². The van der Waals surface area contributed by atoms with Crippen LogP contribution >= 0.6 is 34.8 Å². The molecule has 2 aliphatic heterocycles. The number of piperazine rings is 1. The minimum absolute atomic E-state index is 0.00284. The number of rotatable bonds is 8. The zero-order valence-electron chi connectivity index (χ0n) is 26.8. The molecule has 0 bridgehead atoms. The fourth-order valence-electron chi connectivity index (χ4n) is 6.20. The highest BCUT2D eigenvalue weighted by Crippen LogP contribution is 2.44. The summed E-state index contributed by atoms with van der Waals surface area (Å²) < 4.78 is 32.8. The average molecular weight is 719 g/mol. The van der Waals surface area contributed by atoms with Gasteiger partial charge >= 0.3 is 6.03 Å². The van der Waals surface area contributed by atoms with Crippen molar-refractivity contribution >= 4 is 56.7 Å². The SMILES string of the molecule is CCOc1cc(C(C)(C)C#N)c(Cl)cc1C1=N[C@@H](C2C=CC(Cl)=CC2)[C@@H](c2ccc(Cl)cc2)N1C(=O)N1CCN(S(=O)(=O)CC)CC1. The molecule has 2 aromatic rings. The van der Waals surface area contributed by atoms with Crippen molar-refractivity contribution in [3.05, 3.63) is 86.4 Å². The molecule has 0 spiro atoms. The molecule has 13 heteroatoms. The van der Waals surface area contributed by atoms with Crippen LogP contribution in [-0.2, 0) is 15.4 Å². The summed E-state index contributed by atoms with van der Waals surface area (Å²) in [5.41, 5.74) is 1.04. The second-order valence-corrected chi connectivity index (χ2v) is 15.8. The van der Waals surface area contributed by atoms with E-state index in [0.29, 0.717) is 50.8 Å². The Labute approximate surface area is 292 Å². The predicted molar refractivity (Wildman–Crippen MR) is 187 cm³/mol. The first-order valence-corrected chi connectivity index (χ1v) is 18.4. The Kier molecular flexibility index (Phi) is 10.6. The number of carbonyl (C=O) groups is 1. The van der Waals surface area contributed by atoms with E-state index in [1.165, 1.54) is 4.31 Å². The molecule has 2 amide bonds. The maximum absolute atomic E-state index is 14.8. The highest BCUT2D eigenvalue weighted by molar-refractivity contribution is 7.89. The molecule has 250 valence electrons. The molecule has 3 atom stereocenters. The zero-order valence-corrected chi connectivity index (χ0v) is 29.9. The van der Waals surface area contributed by atoms with Crippen molar-refractivity contribution in [3.8, 4) is 11.8 Å². The summed E-state index contributed by atoms with van der Waals surface area (Å²) in [6.07, 6.45) is 6.43. The maximum atomic E-state index is 14.8. The third-order valence-corrected chi connectivity index (χ3v) is 11.6. The molecular formula is C34H38Cl3N5O4S. The lowest BCUT2D eigenvalue weighted by Gasteiger charge is -2.39. The van der Waals surface area contributed by atoms with Gasteiger partial charge in [-0.15, -0.1) is 0 Å². The summed E-state index contributed by atoms with van der Waals surface area (Å²) in [4.78, 5) is 23.4. The molecule has 1 fully saturated rings. The van der Waals surface area contributed by atoms with Gasteiger partial charge in [-0.1, -0.05) is 59.1 Å². The Balaban J connectivity index is 1.67. The Bertz CT molecular complexity index is 1760. The molecule has 5 rings (SSSR count). The number of halogens is 3. The van der Waals surface area contributed by atoms with Crippen molar-refractivity contribution in [2.45, 2.75) is 51.6 Å². The molecule has 2 heterocycles. The van der Waals surface area contributed by atoms with E-state index in [2.05, 4.69) is 6.07 Å². The van der Waals surface area contributed by atoms with Crippen LogP contribution in [0.25, 0.3) is 0 Å². The number of allylic oxidation sites excluding steroid dienone is 3. The Hall–Kier alpha value is -3.07. The monoisotopic (exact) mass is 717 g/mol. The van der Waals surface area contributed by atoms with Gasteiger partial charge in [0.15, 0.2) is 0 Å². The number of nitriles is 1. The van der Waals surface area contributed by atoms with Crippen LogP contribution in [0, 0.1) is 17.2 Å². The zero-order chi connectivity index (χ0) is 34.1. The standard InChI is InChI=1S/C34H38Cl3N5O4S/c1-5-46-29-20-27(34(3,4)21-38)28(37)19-26(29)32-39-30(22-7-11-24(35)12-8-22)31(23-9-13-25(36)14-10-23)42(32)33(43)40-15-17-41(18-16-40)47(44,45)6-2/h7,9-14,19-20,22,30-31H,5-6,8,15-18H2,1-4H3/t22?,30-,31+/m0/s1. The highest BCUT2D eigenvalue weighted by Gasteiger charge is 2.47. The van der Waals surface area contributed by atoms with E-state index in [1.807, 2.05) is 37.3 Å². The number of hydrogen-bond donors (Lipinski definition) is 0. The van der Waals surface area contributed by atoms with Gasteiger partial charge in [-0.05, 0) is 75.6 Å². The minimum Gasteiger partial charge on any atom is -0.493 e. The van der Waals surface area contributed by atoms with Crippen molar-refractivity contribution in [2.75, 3.05) is 38.5 Å². The number of hydrogen-bond acceptors (Lipinski definition) is 6. The fraction of sp³-hybridized carbons (Fsp3) is 0.441. The van der Waals surface area contributed by atoms with Gasteiger partial charge in [0.2, 0.25) is 10.0 Å². The van der Waals surface area contributed by atoms with Crippen LogP contribution in [0.3, 0.4) is 0 Å². The molecule has 0 N–H and O–H groups in total. The van der Waals surface area contributed by atoms with Crippen molar-refractivity contribution in [2.24, 2.45) is 10.9 Å². The Morgan fingerprint density at radius 2 is 1.77 bits per heavy atom. The molecular weight excluding hydrogens is 681 g/mol. The molecule has 1 unspecified atom stereocenters. The van der Waals surface area contributed by atoms with Crippen LogP contribution in [0.1, 0.15) is 56.8 Å². The van der Waals surface area contributed by atoms with Crippen LogP contribution in [-0.4, -0.2) is 79.0 Å². The second-order valence-electron chi connectivity index (χ2n) is 12.2. The normalized spacial score (nSPS) is 22.1. The van der Waals surface area contributed by atoms with Crippen molar-refractivity contribution in [3.63, 3.8) is 0 Å². The van der Waals surface area contributed by atoms with E-state index in [0.717, 1.165) is 5.56 Å². The molecule has 9 nitrogen and oxygen atoms in total. The van der Waals surface area contributed by atoms with Crippen molar-refractivity contribution in [1.29, 1.82) is 5.26 Å². The Morgan fingerprint density at radius 3 is 2.34 bits per heavy atom. The van der Waals surface area contributed by atoms with E-state index in [4.69, 9.17) is 44.5 Å². The molecule has 2 aromatic carbocycles. The number of amidine groups is 1. The number of nitrogens with zero attached hydrogens (tertiary/aromatic N) is 5. The number of aliphatic imine (C=N–C) groups is 1. The maximum Gasteiger partial charge on any atom is 0.326 e. The molecule has 1 saturated heterocycles. The topological polar surface area (TPSA) is 106 Å². The molecule has 0 saturated carbocycles. The number of carbonyl (C=O) groups excluding carboxylic acids is 1. The average Bonchev–Trinajstić information content (AvgIpc) is 3.46. The van der Waals surface area contributed by atoms with Crippen LogP contribution < -0.4 is 4.74 Å².